The van der Waals surface area contributed by atoms with Crippen LogP contribution in [-0.2, 0) is 4.79 Å². The fourth-order valence-corrected chi connectivity index (χ4v) is 3.71. The fraction of sp³-hybridized carbons (Fsp3) is 0.350. The van der Waals surface area contributed by atoms with Crippen molar-refractivity contribution in [3.05, 3.63) is 47.5 Å². The minimum Gasteiger partial charge on any atom is -0.368 e. The zero-order valence-corrected chi connectivity index (χ0v) is 16.1. The molecule has 1 saturated heterocycles. The monoisotopic (exact) mass is 396 g/mol. The van der Waals surface area contributed by atoms with Crippen LogP contribution in [0.15, 0.2) is 42.5 Å². The first kappa shape index (κ1) is 17.3. The molecule has 0 unspecified atom stereocenters. The number of fused-ring (bicyclic) bond motifs is 1. The molecule has 28 heavy (non-hydrogen) atoms. The molecule has 1 saturated carbocycles. The normalized spacial score (nSPS) is 17.2. The van der Waals surface area contributed by atoms with E-state index < -0.39 is 0 Å². The number of piperazine rings is 1. The number of anilines is 3. The van der Waals surface area contributed by atoms with Gasteiger partial charge in [-0.25, -0.2) is 0 Å². The lowest BCUT2D eigenvalue weighted by Crippen LogP contribution is -2.47. The van der Waals surface area contributed by atoms with Crippen LogP contribution in [0, 0.1) is 5.92 Å². The van der Waals surface area contributed by atoms with E-state index in [0.717, 1.165) is 55.5 Å². The summed E-state index contributed by atoms with van der Waals surface area (Å²) in [4.78, 5) is 21.1. The van der Waals surface area contributed by atoms with Crippen molar-refractivity contribution in [1.29, 1.82) is 0 Å². The predicted molar refractivity (Wildman–Crippen MR) is 110 cm³/mol. The molecule has 1 aliphatic carbocycles. The fourth-order valence-electron chi connectivity index (χ4n) is 3.59. The van der Waals surface area contributed by atoms with Crippen LogP contribution in [0.5, 0.6) is 0 Å². The number of benzene rings is 1. The SMILES string of the molecule is O=C(Nc1nc2cccc(N3CCN(c4ccc(Cl)cc4)CC3)n2n1)C1CC1. The molecule has 3 heterocycles. The summed E-state index contributed by atoms with van der Waals surface area (Å²) in [5.74, 6) is 1.53. The first-order valence-electron chi connectivity index (χ1n) is 9.59. The highest BCUT2D eigenvalue weighted by Gasteiger charge is 2.30. The zero-order chi connectivity index (χ0) is 19.1. The molecule has 1 aromatic carbocycles. The molecular weight excluding hydrogens is 376 g/mol. The van der Waals surface area contributed by atoms with Crippen molar-refractivity contribution in [1.82, 2.24) is 14.6 Å². The largest absolute Gasteiger partial charge is 0.368 e. The molecule has 7 nitrogen and oxygen atoms in total. The molecule has 3 aromatic rings. The van der Waals surface area contributed by atoms with E-state index in [1.807, 2.05) is 34.8 Å². The van der Waals surface area contributed by atoms with Crippen LogP contribution in [0.25, 0.3) is 5.65 Å². The maximum atomic E-state index is 12.0. The van der Waals surface area contributed by atoms with Crippen LogP contribution in [0.2, 0.25) is 5.02 Å². The number of aromatic nitrogens is 3. The van der Waals surface area contributed by atoms with Crippen LogP contribution < -0.4 is 15.1 Å². The Kier molecular flexibility index (Phi) is 4.31. The third-order valence-electron chi connectivity index (χ3n) is 5.32. The Morgan fingerprint density at radius 3 is 2.43 bits per heavy atom. The molecule has 2 fully saturated rings. The lowest BCUT2D eigenvalue weighted by Gasteiger charge is -2.37. The lowest BCUT2D eigenvalue weighted by molar-refractivity contribution is -0.117. The van der Waals surface area contributed by atoms with Crippen molar-refractivity contribution < 1.29 is 4.79 Å². The van der Waals surface area contributed by atoms with E-state index >= 15 is 0 Å². The van der Waals surface area contributed by atoms with Gasteiger partial charge >= 0.3 is 0 Å². The van der Waals surface area contributed by atoms with Gasteiger partial charge in [0.25, 0.3) is 0 Å². The van der Waals surface area contributed by atoms with Gasteiger partial charge in [0.1, 0.15) is 5.82 Å². The molecule has 0 atom stereocenters. The van der Waals surface area contributed by atoms with Crippen molar-refractivity contribution in [2.45, 2.75) is 12.8 Å². The Hall–Kier alpha value is -2.80. The van der Waals surface area contributed by atoms with Crippen LogP contribution in [0.4, 0.5) is 17.5 Å². The molecule has 2 aliphatic rings. The van der Waals surface area contributed by atoms with E-state index in [-0.39, 0.29) is 11.8 Å². The van der Waals surface area contributed by atoms with Gasteiger partial charge in [-0.2, -0.15) is 9.50 Å². The Morgan fingerprint density at radius 1 is 1.00 bits per heavy atom. The maximum Gasteiger partial charge on any atom is 0.249 e. The minimum absolute atomic E-state index is 0.0223. The quantitative estimate of drug-likeness (QED) is 0.734. The molecule has 144 valence electrons. The number of halogens is 1. The summed E-state index contributed by atoms with van der Waals surface area (Å²) in [7, 11) is 0. The average Bonchev–Trinajstić information content (AvgIpc) is 3.49. The van der Waals surface area contributed by atoms with E-state index in [2.05, 4.69) is 37.3 Å². The number of hydrogen-bond donors (Lipinski definition) is 1. The number of rotatable bonds is 4. The second-order valence-electron chi connectivity index (χ2n) is 7.30. The molecule has 0 radical (unpaired) electrons. The molecule has 0 bridgehead atoms. The second-order valence-corrected chi connectivity index (χ2v) is 7.74. The average molecular weight is 397 g/mol. The second kappa shape index (κ2) is 6.98. The molecule has 0 spiro atoms. The number of nitrogens with one attached hydrogen (secondary N) is 1. The van der Waals surface area contributed by atoms with E-state index in [1.165, 1.54) is 5.69 Å². The van der Waals surface area contributed by atoms with Gasteiger partial charge in [0, 0.05) is 42.8 Å². The number of carbonyl (C=O) groups excluding carboxylic acids is 1. The predicted octanol–water partition coefficient (Wildman–Crippen LogP) is 3.06. The van der Waals surface area contributed by atoms with E-state index in [4.69, 9.17) is 11.6 Å². The summed E-state index contributed by atoms with van der Waals surface area (Å²) in [6.07, 6.45) is 1.92. The lowest BCUT2D eigenvalue weighted by atomic mass is 10.2. The van der Waals surface area contributed by atoms with Crippen LogP contribution in [0.3, 0.4) is 0 Å². The number of carbonyl (C=O) groups is 1. The van der Waals surface area contributed by atoms with Gasteiger partial charge in [0.05, 0.1) is 0 Å². The molecular formula is C20H21ClN6O. The molecule has 1 aliphatic heterocycles. The van der Waals surface area contributed by atoms with Gasteiger partial charge < -0.3 is 9.80 Å². The highest BCUT2D eigenvalue weighted by atomic mass is 35.5. The zero-order valence-electron chi connectivity index (χ0n) is 15.4. The van der Waals surface area contributed by atoms with Crippen LogP contribution >= 0.6 is 11.6 Å². The van der Waals surface area contributed by atoms with Crippen molar-refractivity contribution in [2.75, 3.05) is 41.3 Å². The Bertz CT molecular complexity index is 1010. The highest BCUT2D eigenvalue weighted by molar-refractivity contribution is 6.30. The van der Waals surface area contributed by atoms with Crippen molar-refractivity contribution >= 4 is 40.6 Å². The van der Waals surface area contributed by atoms with Gasteiger partial charge in [-0.1, -0.05) is 17.7 Å². The Balaban J connectivity index is 1.32. The third-order valence-corrected chi connectivity index (χ3v) is 5.57. The van der Waals surface area contributed by atoms with Gasteiger partial charge in [-0.15, -0.1) is 5.10 Å². The maximum absolute atomic E-state index is 12.0. The number of nitrogens with zero attached hydrogens (tertiary/aromatic N) is 5. The van der Waals surface area contributed by atoms with Crippen LogP contribution in [-0.4, -0.2) is 46.7 Å². The van der Waals surface area contributed by atoms with Crippen molar-refractivity contribution in [3.8, 4) is 0 Å². The smallest absolute Gasteiger partial charge is 0.249 e. The van der Waals surface area contributed by atoms with Crippen molar-refractivity contribution in [2.24, 2.45) is 5.92 Å². The first-order valence-corrected chi connectivity index (χ1v) is 9.97. The molecule has 5 rings (SSSR count). The number of pyridine rings is 1. The standard InChI is InChI=1S/C20H21ClN6O/c21-15-6-8-16(9-7-15)25-10-12-26(13-11-25)18-3-1-2-17-22-20(24-27(17)18)23-19(28)14-4-5-14/h1-3,6-9,14H,4-5,10-13H2,(H,23,24,28). The Labute approximate surface area is 167 Å². The van der Waals surface area contributed by atoms with Gasteiger partial charge in [-0.05, 0) is 49.2 Å². The summed E-state index contributed by atoms with van der Waals surface area (Å²) in [6.45, 7) is 3.59. The summed E-state index contributed by atoms with van der Waals surface area (Å²) in [5.41, 5.74) is 1.93. The van der Waals surface area contributed by atoms with Crippen molar-refractivity contribution in [3.63, 3.8) is 0 Å². The summed E-state index contributed by atoms with van der Waals surface area (Å²) in [5, 5.41) is 8.12. The van der Waals surface area contributed by atoms with Crippen LogP contribution in [0.1, 0.15) is 12.8 Å². The topological polar surface area (TPSA) is 65.8 Å². The highest BCUT2D eigenvalue weighted by Crippen LogP contribution is 2.30. The molecule has 1 N–H and O–H groups in total. The van der Waals surface area contributed by atoms with E-state index in [1.54, 1.807) is 0 Å². The van der Waals surface area contributed by atoms with Gasteiger partial charge in [0.15, 0.2) is 5.65 Å². The van der Waals surface area contributed by atoms with Gasteiger partial charge in [-0.3, -0.25) is 10.1 Å². The third kappa shape index (κ3) is 3.38. The summed E-state index contributed by atoms with van der Waals surface area (Å²) in [6, 6.07) is 13.9. The number of hydrogen-bond acceptors (Lipinski definition) is 5. The summed E-state index contributed by atoms with van der Waals surface area (Å²) < 4.78 is 1.82. The van der Waals surface area contributed by atoms with Gasteiger partial charge in [0.2, 0.25) is 11.9 Å². The minimum atomic E-state index is 0.0223. The molecule has 1 amide bonds. The first-order chi connectivity index (χ1) is 13.7. The molecule has 8 heteroatoms. The van der Waals surface area contributed by atoms with E-state index in [0.29, 0.717) is 5.95 Å². The summed E-state index contributed by atoms with van der Waals surface area (Å²) >= 11 is 5.99. The number of amides is 1. The Morgan fingerprint density at radius 2 is 1.71 bits per heavy atom. The molecule has 2 aromatic heterocycles. The van der Waals surface area contributed by atoms with E-state index in [9.17, 15) is 4.79 Å².